The van der Waals surface area contributed by atoms with Crippen LogP contribution in [0.1, 0.15) is 23.2 Å². The molecule has 0 bridgehead atoms. The summed E-state index contributed by atoms with van der Waals surface area (Å²) in [5.74, 6) is -1.48. The van der Waals surface area contributed by atoms with E-state index in [1.54, 1.807) is 18.3 Å². The summed E-state index contributed by atoms with van der Waals surface area (Å²) >= 11 is 0. The lowest BCUT2D eigenvalue weighted by atomic mass is 10.2. The summed E-state index contributed by atoms with van der Waals surface area (Å²) in [6, 6.07) is 6.99. The highest BCUT2D eigenvalue weighted by molar-refractivity contribution is 5.94. The maximum atomic E-state index is 13.8. The molecule has 0 spiro atoms. The molecule has 1 aromatic carbocycles. The largest absolute Gasteiger partial charge is 0.349 e. The lowest BCUT2D eigenvalue weighted by Gasteiger charge is -2.04. The summed E-state index contributed by atoms with van der Waals surface area (Å²) in [4.78, 5) is 16.2. The van der Waals surface area contributed by atoms with Gasteiger partial charge in [-0.2, -0.15) is 5.10 Å². The molecule has 25 heavy (non-hydrogen) atoms. The van der Waals surface area contributed by atoms with E-state index < -0.39 is 11.6 Å². The monoisotopic (exact) mass is 340 g/mol. The van der Waals surface area contributed by atoms with Gasteiger partial charge in [-0.05, 0) is 37.1 Å². The van der Waals surface area contributed by atoms with E-state index in [1.807, 2.05) is 0 Å². The van der Waals surface area contributed by atoms with E-state index in [0.717, 1.165) is 18.9 Å². The highest BCUT2D eigenvalue weighted by Gasteiger charge is 2.23. The molecule has 0 atom stereocenters. The number of aromatic nitrogens is 3. The molecule has 0 saturated heterocycles. The van der Waals surface area contributed by atoms with Crippen LogP contribution in [0.25, 0.3) is 16.9 Å². The third-order valence-corrected chi connectivity index (χ3v) is 3.97. The third-order valence-electron chi connectivity index (χ3n) is 3.97. The Morgan fingerprint density at radius 3 is 2.68 bits per heavy atom. The van der Waals surface area contributed by atoms with Gasteiger partial charge in [0.05, 0.1) is 17.5 Å². The van der Waals surface area contributed by atoms with Gasteiger partial charge in [-0.1, -0.05) is 0 Å². The van der Waals surface area contributed by atoms with Crippen LogP contribution in [0.5, 0.6) is 0 Å². The van der Waals surface area contributed by atoms with E-state index in [-0.39, 0.29) is 17.6 Å². The number of nitrogens with one attached hydrogen (secondary N) is 1. The molecule has 1 aliphatic rings. The van der Waals surface area contributed by atoms with Crippen molar-refractivity contribution in [2.75, 3.05) is 0 Å². The number of benzene rings is 1. The van der Waals surface area contributed by atoms with Gasteiger partial charge in [0, 0.05) is 30.1 Å². The van der Waals surface area contributed by atoms with Crippen molar-refractivity contribution < 1.29 is 13.6 Å². The van der Waals surface area contributed by atoms with E-state index in [4.69, 9.17) is 0 Å². The average molecular weight is 340 g/mol. The standard InChI is InChI=1S/C18H14F2N4O/c19-13-2-6-17(15(20)7-13)24-10-12(9-22-24)16-5-1-11(8-21-16)18(25)23-14-3-4-14/h1-2,5-10,14H,3-4H2,(H,23,25). The van der Waals surface area contributed by atoms with Crippen LogP contribution in [0.3, 0.4) is 0 Å². The zero-order chi connectivity index (χ0) is 17.4. The van der Waals surface area contributed by atoms with Crippen molar-refractivity contribution in [2.45, 2.75) is 18.9 Å². The maximum absolute atomic E-state index is 13.8. The molecule has 1 saturated carbocycles. The topological polar surface area (TPSA) is 59.8 Å². The fourth-order valence-electron chi connectivity index (χ4n) is 2.45. The molecule has 3 aromatic rings. The van der Waals surface area contributed by atoms with Crippen molar-refractivity contribution >= 4 is 5.91 Å². The van der Waals surface area contributed by atoms with Gasteiger partial charge >= 0.3 is 0 Å². The van der Waals surface area contributed by atoms with Crippen LogP contribution in [0.15, 0.2) is 48.9 Å². The van der Waals surface area contributed by atoms with Crippen LogP contribution in [0.4, 0.5) is 8.78 Å². The van der Waals surface area contributed by atoms with Gasteiger partial charge in [-0.25, -0.2) is 13.5 Å². The van der Waals surface area contributed by atoms with Crippen molar-refractivity contribution in [3.05, 3.63) is 66.1 Å². The summed E-state index contributed by atoms with van der Waals surface area (Å²) in [5.41, 5.74) is 1.91. The van der Waals surface area contributed by atoms with Crippen LogP contribution < -0.4 is 5.32 Å². The Hall–Kier alpha value is -3.09. The lowest BCUT2D eigenvalue weighted by molar-refractivity contribution is 0.0950. The van der Waals surface area contributed by atoms with Crippen LogP contribution in [-0.4, -0.2) is 26.7 Å². The first-order valence-corrected chi connectivity index (χ1v) is 7.87. The first-order valence-electron chi connectivity index (χ1n) is 7.87. The van der Waals surface area contributed by atoms with E-state index in [9.17, 15) is 13.6 Å². The number of rotatable bonds is 4. The van der Waals surface area contributed by atoms with E-state index in [2.05, 4.69) is 15.4 Å². The van der Waals surface area contributed by atoms with E-state index >= 15 is 0 Å². The minimum absolute atomic E-state index is 0.134. The summed E-state index contributed by atoms with van der Waals surface area (Å²) in [5, 5.41) is 6.99. The predicted molar refractivity (Wildman–Crippen MR) is 87.2 cm³/mol. The Morgan fingerprint density at radius 1 is 1.16 bits per heavy atom. The summed E-state index contributed by atoms with van der Waals surface area (Å²) in [7, 11) is 0. The number of pyridine rings is 1. The number of hydrogen-bond acceptors (Lipinski definition) is 3. The number of carbonyl (C=O) groups excluding carboxylic acids is 1. The van der Waals surface area contributed by atoms with Gasteiger partial charge in [-0.15, -0.1) is 0 Å². The van der Waals surface area contributed by atoms with Crippen molar-refractivity contribution in [1.82, 2.24) is 20.1 Å². The molecule has 0 radical (unpaired) electrons. The first kappa shape index (κ1) is 15.4. The molecule has 126 valence electrons. The SMILES string of the molecule is O=C(NC1CC1)c1ccc(-c2cnn(-c3ccc(F)cc3F)c2)nc1. The fourth-order valence-corrected chi connectivity index (χ4v) is 2.45. The molecular formula is C18H14F2N4O. The highest BCUT2D eigenvalue weighted by Crippen LogP contribution is 2.21. The number of carbonyl (C=O) groups is 1. The Bertz CT molecular complexity index is 933. The number of amides is 1. The first-order chi connectivity index (χ1) is 12.1. The van der Waals surface area contributed by atoms with Gasteiger partial charge in [0.15, 0.2) is 5.82 Å². The lowest BCUT2D eigenvalue weighted by Crippen LogP contribution is -2.25. The van der Waals surface area contributed by atoms with Crippen LogP contribution in [0, 0.1) is 11.6 Å². The Kier molecular flexibility index (Phi) is 3.76. The van der Waals surface area contributed by atoms with Gasteiger partial charge in [0.2, 0.25) is 0 Å². The van der Waals surface area contributed by atoms with Gasteiger partial charge in [0.1, 0.15) is 11.5 Å². The van der Waals surface area contributed by atoms with Crippen LogP contribution in [-0.2, 0) is 0 Å². The van der Waals surface area contributed by atoms with Crippen LogP contribution in [0.2, 0.25) is 0 Å². The Labute approximate surface area is 142 Å². The second-order valence-corrected chi connectivity index (χ2v) is 5.95. The predicted octanol–water partition coefficient (Wildman–Crippen LogP) is 3.10. The Balaban J connectivity index is 1.56. The van der Waals surface area contributed by atoms with E-state index in [0.29, 0.717) is 16.8 Å². The molecule has 1 N–H and O–H groups in total. The molecule has 2 aromatic heterocycles. The molecule has 0 unspecified atom stereocenters. The number of hydrogen-bond donors (Lipinski definition) is 1. The van der Waals surface area contributed by atoms with Crippen molar-refractivity contribution in [1.29, 1.82) is 0 Å². The minimum atomic E-state index is -0.699. The zero-order valence-corrected chi connectivity index (χ0v) is 13.1. The normalized spacial score (nSPS) is 13.7. The zero-order valence-electron chi connectivity index (χ0n) is 13.1. The Morgan fingerprint density at radius 2 is 2.00 bits per heavy atom. The molecular weight excluding hydrogens is 326 g/mol. The molecule has 1 fully saturated rings. The molecule has 4 rings (SSSR count). The second kappa shape index (κ2) is 6.08. The quantitative estimate of drug-likeness (QED) is 0.794. The molecule has 2 heterocycles. The van der Waals surface area contributed by atoms with Gasteiger partial charge < -0.3 is 5.32 Å². The fraction of sp³-hybridized carbons (Fsp3) is 0.167. The minimum Gasteiger partial charge on any atom is -0.349 e. The molecule has 7 heteroatoms. The van der Waals surface area contributed by atoms with Crippen molar-refractivity contribution in [3.8, 4) is 16.9 Å². The van der Waals surface area contributed by atoms with Crippen molar-refractivity contribution in [2.24, 2.45) is 0 Å². The number of nitrogens with zero attached hydrogens (tertiary/aromatic N) is 3. The maximum Gasteiger partial charge on any atom is 0.253 e. The third kappa shape index (κ3) is 3.26. The van der Waals surface area contributed by atoms with Crippen molar-refractivity contribution in [3.63, 3.8) is 0 Å². The summed E-state index contributed by atoms with van der Waals surface area (Å²) < 4.78 is 28.2. The molecule has 1 aliphatic carbocycles. The summed E-state index contributed by atoms with van der Waals surface area (Å²) in [6.45, 7) is 0. The summed E-state index contributed by atoms with van der Waals surface area (Å²) in [6.07, 6.45) is 6.69. The number of halogens is 2. The molecule has 5 nitrogen and oxygen atoms in total. The molecule has 0 aliphatic heterocycles. The van der Waals surface area contributed by atoms with Gasteiger partial charge in [-0.3, -0.25) is 9.78 Å². The average Bonchev–Trinajstić information content (AvgIpc) is 3.28. The van der Waals surface area contributed by atoms with Crippen LogP contribution >= 0.6 is 0 Å². The second-order valence-electron chi connectivity index (χ2n) is 5.95. The molecule has 1 amide bonds. The highest BCUT2D eigenvalue weighted by atomic mass is 19.1. The smallest absolute Gasteiger partial charge is 0.253 e. The van der Waals surface area contributed by atoms with E-state index in [1.165, 1.54) is 29.2 Å². The van der Waals surface area contributed by atoms with Gasteiger partial charge in [0.25, 0.3) is 5.91 Å².